The summed E-state index contributed by atoms with van der Waals surface area (Å²) in [6, 6.07) is 10.9. The van der Waals surface area contributed by atoms with Crippen molar-refractivity contribution in [3.8, 4) is 17.7 Å². The first-order chi connectivity index (χ1) is 8.19. The Morgan fingerprint density at radius 3 is 2.88 bits per heavy atom. The van der Waals surface area contributed by atoms with Crippen molar-refractivity contribution < 1.29 is 4.74 Å². The van der Waals surface area contributed by atoms with Gasteiger partial charge in [0.1, 0.15) is 5.75 Å². The lowest BCUT2D eigenvalue weighted by atomic mass is 10.2. The number of nitrogens with zero attached hydrogens (tertiary/aromatic N) is 2. The molecule has 0 aliphatic rings. The number of benzene rings is 1. The standard InChI is InChI=1S/C13H9BrN2O/c1-9-5-13(16-8-12(9)14)17-11-4-2-3-10(6-11)7-15/h2-6,8H,1H3. The van der Waals surface area contributed by atoms with Crippen LogP contribution in [0.3, 0.4) is 0 Å². The Hall–Kier alpha value is -1.86. The monoisotopic (exact) mass is 288 g/mol. The lowest BCUT2D eigenvalue weighted by Gasteiger charge is -2.06. The van der Waals surface area contributed by atoms with Crippen molar-refractivity contribution in [2.24, 2.45) is 0 Å². The Balaban J connectivity index is 2.25. The van der Waals surface area contributed by atoms with Gasteiger partial charge in [-0.25, -0.2) is 4.98 Å². The van der Waals surface area contributed by atoms with E-state index >= 15 is 0 Å². The van der Waals surface area contributed by atoms with Crippen LogP contribution in [0.1, 0.15) is 11.1 Å². The number of hydrogen-bond acceptors (Lipinski definition) is 3. The van der Waals surface area contributed by atoms with Crippen molar-refractivity contribution in [3.05, 3.63) is 52.1 Å². The molecule has 0 aliphatic carbocycles. The second-order valence-corrected chi connectivity index (χ2v) is 4.37. The highest BCUT2D eigenvalue weighted by Crippen LogP contribution is 2.23. The molecule has 0 amide bonds. The summed E-state index contributed by atoms with van der Waals surface area (Å²) in [4.78, 5) is 4.14. The van der Waals surface area contributed by atoms with Gasteiger partial charge in [-0.3, -0.25) is 0 Å². The summed E-state index contributed by atoms with van der Waals surface area (Å²) in [6.07, 6.45) is 1.69. The Labute approximate surface area is 108 Å². The van der Waals surface area contributed by atoms with Gasteiger partial charge in [0.25, 0.3) is 0 Å². The zero-order chi connectivity index (χ0) is 12.3. The van der Waals surface area contributed by atoms with E-state index in [1.54, 1.807) is 30.5 Å². The summed E-state index contributed by atoms with van der Waals surface area (Å²) in [7, 11) is 0. The van der Waals surface area contributed by atoms with Gasteiger partial charge in [-0.15, -0.1) is 0 Å². The fraction of sp³-hybridized carbons (Fsp3) is 0.0769. The molecule has 0 unspecified atom stereocenters. The number of aryl methyl sites for hydroxylation is 1. The first-order valence-corrected chi connectivity index (χ1v) is 5.78. The highest BCUT2D eigenvalue weighted by atomic mass is 79.9. The van der Waals surface area contributed by atoms with Crippen LogP contribution >= 0.6 is 15.9 Å². The average molecular weight is 289 g/mol. The van der Waals surface area contributed by atoms with Crippen LogP contribution in [0.15, 0.2) is 41.0 Å². The summed E-state index contributed by atoms with van der Waals surface area (Å²) in [5.41, 5.74) is 1.61. The van der Waals surface area contributed by atoms with Crippen LogP contribution in [-0.4, -0.2) is 4.98 Å². The third kappa shape index (κ3) is 2.83. The van der Waals surface area contributed by atoms with Crippen LogP contribution in [0.4, 0.5) is 0 Å². The quantitative estimate of drug-likeness (QED) is 0.844. The molecule has 17 heavy (non-hydrogen) atoms. The predicted molar refractivity (Wildman–Crippen MR) is 67.9 cm³/mol. The largest absolute Gasteiger partial charge is 0.439 e. The van der Waals surface area contributed by atoms with E-state index in [2.05, 4.69) is 27.0 Å². The van der Waals surface area contributed by atoms with Crippen LogP contribution in [0.5, 0.6) is 11.6 Å². The van der Waals surface area contributed by atoms with E-state index in [0.29, 0.717) is 17.2 Å². The summed E-state index contributed by atoms with van der Waals surface area (Å²) >= 11 is 3.38. The van der Waals surface area contributed by atoms with Crippen LogP contribution in [0.25, 0.3) is 0 Å². The number of nitriles is 1. The average Bonchev–Trinajstić information content (AvgIpc) is 2.34. The van der Waals surface area contributed by atoms with E-state index < -0.39 is 0 Å². The van der Waals surface area contributed by atoms with Gasteiger partial charge in [0.2, 0.25) is 5.88 Å². The fourth-order valence-electron chi connectivity index (χ4n) is 1.32. The van der Waals surface area contributed by atoms with Crippen molar-refractivity contribution in [2.75, 3.05) is 0 Å². The van der Waals surface area contributed by atoms with E-state index in [4.69, 9.17) is 10.00 Å². The minimum Gasteiger partial charge on any atom is -0.439 e. The maximum absolute atomic E-state index is 8.78. The van der Waals surface area contributed by atoms with Crippen LogP contribution < -0.4 is 4.74 Å². The molecule has 84 valence electrons. The number of pyridine rings is 1. The zero-order valence-electron chi connectivity index (χ0n) is 9.14. The molecule has 0 aliphatic heterocycles. The Morgan fingerprint density at radius 1 is 1.35 bits per heavy atom. The number of rotatable bonds is 2. The van der Waals surface area contributed by atoms with Gasteiger partial charge >= 0.3 is 0 Å². The number of hydrogen-bond donors (Lipinski definition) is 0. The van der Waals surface area contributed by atoms with Crippen molar-refractivity contribution in [1.29, 1.82) is 5.26 Å². The lowest BCUT2D eigenvalue weighted by Crippen LogP contribution is -1.89. The molecule has 0 fully saturated rings. The highest BCUT2D eigenvalue weighted by Gasteiger charge is 2.02. The Kier molecular flexibility index (Phi) is 3.40. The highest BCUT2D eigenvalue weighted by molar-refractivity contribution is 9.10. The summed E-state index contributed by atoms with van der Waals surface area (Å²) < 4.78 is 6.51. The van der Waals surface area contributed by atoms with Crippen LogP contribution in [0, 0.1) is 18.3 Å². The molecule has 1 aromatic carbocycles. The first kappa shape index (κ1) is 11.6. The normalized spacial score (nSPS) is 9.71. The fourth-order valence-corrected chi connectivity index (χ4v) is 1.54. The van der Waals surface area contributed by atoms with Gasteiger partial charge in [-0.05, 0) is 46.6 Å². The molecule has 2 aromatic rings. The van der Waals surface area contributed by atoms with Gasteiger partial charge in [0.15, 0.2) is 0 Å². The summed E-state index contributed by atoms with van der Waals surface area (Å²) in [5, 5.41) is 8.78. The smallest absolute Gasteiger partial charge is 0.219 e. The van der Waals surface area contributed by atoms with Crippen molar-refractivity contribution in [1.82, 2.24) is 4.98 Å². The Morgan fingerprint density at radius 2 is 2.18 bits per heavy atom. The van der Waals surface area contributed by atoms with E-state index in [1.807, 2.05) is 13.0 Å². The van der Waals surface area contributed by atoms with E-state index in [1.165, 1.54) is 0 Å². The molecule has 1 aromatic heterocycles. The van der Waals surface area contributed by atoms with E-state index in [0.717, 1.165) is 10.0 Å². The number of aromatic nitrogens is 1. The molecule has 0 bridgehead atoms. The Bertz CT molecular complexity index is 590. The van der Waals surface area contributed by atoms with Gasteiger partial charge < -0.3 is 4.74 Å². The van der Waals surface area contributed by atoms with Gasteiger partial charge in [0.05, 0.1) is 11.6 Å². The first-order valence-electron chi connectivity index (χ1n) is 4.99. The molecule has 0 atom stereocenters. The summed E-state index contributed by atoms with van der Waals surface area (Å²) in [5.74, 6) is 1.12. The molecule has 3 nitrogen and oxygen atoms in total. The maximum Gasteiger partial charge on any atom is 0.219 e. The minimum atomic E-state index is 0.515. The number of ether oxygens (including phenoxy) is 1. The lowest BCUT2D eigenvalue weighted by molar-refractivity contribution is 0.462. The predicted octanol–water partition coefficient (Wildman–Crippen LogP) is 3.82. The maximum atomic E-state index is 8.78. The molecule has 2 rings (SSSR count). The van der Waals surface area contributed by atoms with Crippen LogP contribution in [-0.2, 0) is 0 Å². The molecular weight excluding hydrogens is 280 g/mol. The molecule has 0 saturated heterocycles. The number of halogens is 1. The second-order valence-electron chi connectivity index (χ2n) is 3.51. The van der Waals surface area contributed by atoms with Crippen LogP contribution in [0.2, 0.25) is 0 Å². The van der Waals surface area contributed by atoms with E-state index in [-0.39, 0.29) is 0 Å². The second kappa shape index (κ2) is 4.98. The topological polar surface area (TPSA) is 45.9 Å². The third-order valence-electron chi connectivity index (χ3n) is 2.21. The minimum absolute atomic E-state index is 0.515. The van der Waals surface area contributed by atoms with Gasteiger partial charge in [0, 0.05) is 16.7 Å². The molecular formula is C13H9BrN2O. The molecule has 0 spiro atoms. The summed E-state index contributed by atoms with van der Waals surface area (Å²) in [6.45, 7) is 1.96. The SMILES string of the molecule is Cc1cc(Oc2cccc(C#N)c2)ncc1Br. The van der Waals surface area contributed by atoms with Crippen molar-refractivity contribution in [2.45, 2.75) is 6.92 Å². The third-order valence-corrected chi connectivity index (χ3v) is 3.04. The molecule has 4 heteroatoms. The molecule has 0 saturated carbocycles. The van der Waals surface area contributed by atoms with Gasteiger partial charge in [-0.2, -0.15) is 5.26 Å². The molecule has 0 N–H and O–H groups in total. The van der Waals surface area contributed by atoms with Gasteiger partial charge in [-0.1, -0.05) is 6.07 Å². The van der Waals surface area contributed by atoms with E-state index in [9.17, 15) is 0 Å². The van der Waals surface area contributed by atoms with Crippen molar-refractivity contribution >= 4 is 15.9 Å². The van der Waals surface area contributed by atoms with Crippen molar-refractivity contribution in [3.63, 3.8) is 0 Å². The molecule has 0 radical (unpaired) electrons. The molecule has 1 heterocycles. The zero-order valence-corrected chi connectivity index (χ0v) is 10.7.